The Hall–Kier alpha value is -1.01. The largest absolute Gasteiger partial charge is 0.348 e. The Kier molecular flexibility index (Phi) is 4.16. The maximum atomic E-state index is 12.3. The molecule has 1 heterocycles. The van der Waals surface area contributed by atoms with Gasteiger partial charge in [0.15, 0.2) is 0 Å². The molecule has 7 heteroatoms. The minimum absolute atomic E-state index is 0.0240. The van der Waals surface area contributed by atoms with Crippen LogP contribution in [0.3, 0.4) is 0 Å². The number of halogens is 1. The highest BCUT2D eigenvalue weighted by molar-refractivity contribution is 8.13. The second-order valence-corrected chi connectivity index (χ2v) is 8.05. The summed E-state index contributed by atoms with van der Waals surface area (Å²) in [5.41, 5.74) is 0.334. The summed E-state index contributed by atoms with van der Waals surface area (Å²) in [6, 6.07) is 1.52. The number of hydrogen-bond donors (Lipinski definition) is 1. The average molecular weight is 319 g/mol. The van der Waals surface area contributed by atoms with E-state index >= 15 is 0 Å². The Morgan fingerprint density at radius 1 is 1.55 bits per heavy atom. The lowest BCUT2D eigenvalue weighted by Crippen LogP contribution is -2.29. The fraction of sp³-hybridized carbons (Fsp3) is 0.615. The topological polar surface area (TPSA) is 68.2 Å². The number of hydrogen-bond acceptors (Lipinski definition) is 3. The van der Waals surface area contributed by atoms with Crippen LogP contribution < -0.4 is 5.32 Å². The van der Waals surface area contributed by atoms with Crippen molar-refractivity contribution in [3.8, 4) is 0 Å². The van der Waals surface area contributed by atoms with Gasteiger partial charge in [-0.1, -0.05) is 13.3 Å². The van der Waals surface area contributed by atoms with Gasteiger partial charge in [0.2, 0.25) is 0 Å². The second-order valence-electron chi connectivity index (χ2n) is 5.48. The first-order chi connectivity index (χ1) is 9.24. The zero-order valence-corrected chi connectivity index (χ0v) is 13.3. The Balaban J connectivity index is 2.25. The molecule has 5 nitrogen and oxygen atoms in total. The van der Waals surface area contributed by atoms with E-state index in [2.05, 4.69) is 12.2 Å². The molecule has 1 aromatic rings. The van der Waals surface area contributed by atoms with Gasteiger partial charge < -0.3 is 9.88 Å². The zero-order valence-electron chi connectivity index (χ0n) is 11.8. The van der Waals surface area contributed by atoms with Crippen LogP contribution in [0.15, 0.2) is 17.2 Å². The van der Waals surface area contributed by atoms with Gasteiger partial charge in [-0.05, 0) is 32.3 Å². The van der Waals surface area contributed by atoms with Crippen molar-refractivity contribution in [1.82, 2.24) is 9.88 Å². The van der Waals surface area contributed by atoms with Crippen molar-refractivity contribution in [3.05, 3.63) is 18.0 Å². The summed E-state index contributed by atoms with van der Waals surface area (Å²) in [6.07, 6.45) is 3.44. The molecule has 1 aliphatic carbocycles. The Labute approximate surface area is 123 Å². The predicted octanol–water partition coefficient (Wildman–Crippen LogP) is 2.52. The highest BCUT2D eigenvalue weighted by atomic mass is 35.7. The number of amides is 1. The van der Waals surface area contributed by atoms with Gasteiger partial charge >= 0.3 is 0 Å². The fourth-order valence-corrected chi connectivity index (χ4v) is 3.06. The van der Waals surface area contributed by atoms with Gasteiger partial charge in [0.1, 0.15) is 10.6 Å². The second kappa shape index (κ2) is 5.41. The molecule has 1 saturated carbocycles. The molecule has 1 amide bonds. The highest BCUT2D eigenvalue weighted by Crippen LogP contribution is 2.33. The maximum absolute atomic E-state index is 12.3. The third-order valence-corrected chi connectivity index (χ3v) is 4.98. The van der Waals surface area contributed by atoms with E-state index in [0.29, 0.717) is 11.6 Å². The number of carbonyl (C=O) groups is 1. The van der Waals surface area contributed by atoms with Crippen molar-refractivity contribution < 1.29 is 13.2 Å². The smallest absolute Gasteiger partial charge is 0.268 e. The molecule has 0 aromatic carbocycles. The molecule has 20 heavy (non-hydrogen) atoms. The SMILES string of the molecule is CCC1CC1NC(=O)c1cc(S(=O)(=O)Cl)cn1C(C)C. The molecule has 0 aliphatic heterocycles. The summed E-state index contributed by atoms with van der Waals surface area (Å²) in [4.78, 5) is 12.2. The molecule has 1 N–H and O–H groups in total. The molecule has 0 saturated heterocycles. The van der Waals surface area contributed by atoms with Crippen LogP contribution in [-0.2, 0) is 9.05 Å². The van der Waals surface area contributed by atoms with E-state index in [-0.39, 0.29) is 22.9 Å². The maximum Gasteiger partial charge on any atom is 0.268 e. The van der Waals surface area contributed by atoms with E-state index < -0.39 is 9.05 Å². The summed E-state index contributed by atoms with van der Waals surface area (Å²) >= 11 is 0. The minimum atomic E-state index is -3.83. The van der Waals surface area contributed by atoms with Gasteiger partial charge in [-0.25, -0.2) is 8.42 Å². The van der Waals surface area contributed by atoms with E-state index in [1.54, 1.807) is 4.57 Å². The third-order valence-electron chi connectivity index (χ3n) is 3.66. The van der Waals surface area contributed by atoms with Crippen molar-refractivity contribution in [3.63, 3.8) is 0 Å². The van der Waals surface area contributed by atoms with Crippen LogP contribution in [0.5, 0.6) is 0 Å². The third kappa shape index (κ3) is 3.17. The van der Waals surface area contributed by atoms with Gasteiger partial charge in [-0.3, -0.25) is 4.79 Å². The number of aromatic nitrogens is 1. The molecule has 1 aromatic heterocycles. The Morgan fingerprint density at radius 2 is 2.20 bits per heavy atom. The first kappa shape index (κ1) is 15.4. The van der Waals surface area contributed by atoms with E-state index in [4.69, 9.17) is 10.7 Å². The van der Waals surface area contributed by atoms with Gasteiger partial charge in [0.25, 0.3) is 15.0 Å². The van der Waals surface area contributed by atoms with Gasteiger partial charge in [0.05, 0.1) is 0 Å². The summed E-state index contributed by atoms with van der Waals surface area (Å²) < 4.78 is 24.4. The molecule has 112 valence electrons. The van der Waals surface area contributed by atoms with Gasteiger partial charge in [-0.15, -0.1) is 0 Å². The van der Waals surface area contributed by atoms with Crippen LogP contribution in [0.2, 0.25) is 0 Å². The van der Waals surface area contributed by atoms with E-state index in [1.807, 2.05) is 13.8 Å². The van der Waals surface area contributed by atoms with Crippen LogP contribution in [0.1, 0.15) is 50.1 Å². The van der Waals surface area contributed by atoms with Crippen molar-refractivity contribution >= 4 is 25.6 Å². The Morgan fingerprint density at radius 3 is 2.65 bits per heavy atom. The summed E-state index contributed by atoms with van der Waals surface area (Å²) in [5.74, 6) is 0.295. The van der Waals surface area contributed by atoms with Crippen molar-refractivity contribution in [1.29, 1.82) is 0 Å². The fourth-order valence-electron chi connectivity index (χ4n) is 2.31. The Bertz CT molecular complexity index is 622. The molecular formula is C13H19ClN2O3S. The molecule has 2 unspecified atom stereocenters. The van der Waals surface area contributed by atoms with E-state index in [0.717, 1.165) is 12.8 Å². The van der Waals surface area contributed by atoms with Crippen LogP contribution in [-0.4, -0.2) is 24.9 Å². The molecule has 2 atom stereocenters. The predicted molar refractivity (Wildman–Crippen MR) is 77.5 cm³/mol. The van der Waals surface area contributed by atoms with Crippen LogP contribution in [0, 0.1) is 5.92 Å². The molecule has 0 bridgehead atoms. The molecule has 1 fully saturated rings. The zero-order chi connectivity index (χ0) is 15.1. The van der Waals surface area contributed by atoms with E-state index in [1.165, 1.54) is 12.3 Å². The number of rotatable bonds is 5. The standard InChI is InChI=1S/C13H19ClN2O3S/c1-4-9-5-11(9)15-13(17)12-6-10(20(14,18)19)7-16(12)8(2)3/h6-9,11H,4-5H2,1-3H3,(H,15,17). The normalized spacial score (nSPS) is 22.1. The number of nitrogens with one attached hydrogen (secondary N) is 1. The van der Waals surface area contributed by atoms with E-state index in [9.17, 15) is 13.2 Å². The first-order valence-electron chi connectivity index (χ1n) is 6.71. The highest BCUT2D eigenvalue weighted by Gasteiger charge is 2.37. The molecule has 0 radical (unpaired) electrons. The van der Waals surface area contributed by atoms with Crippen LogP contribution in [0.25, 0.3) is 0 Å². The van der Waals surface area contributed by atoms with Gasteiger partial charge in [-0.2, -0.15) is 0 Å². The molecule has 0 spiro atoms. The monoisotopic (exact) mass is 318 g/mol. The lowest BCUT2D eigenvalue weighted by Gasteiger charge is -2.12. The summed E-state index contributed by atoms with van der Waals surface area (Å²) in [6.45, 7) is 5.85. The first-order valence-corrected chi connectivity index (χ1v) is 9.02. The lowest BCUT2D eigenvalue weighted by atomic mass is 10.3. The van der Waals surface area contributed by atoms with Crippen LogP contribution in [0.4, 0.5) is 0 Å². The summed E-state index contributed by atoms with van der Waals surface area (Å²) in [7, 11) is 1.52. The van der Waals surface area contributed by atoms with Crippen LogP contribution >= 0.6 is 10.7 Å². The van der Waals surface area contributed by atoms with Crippen molar-refractivity contribution in [2.45, 2.75) is 50.6 Å². The quantitative estimate of drug-likeness (QED) is 0.848. The summed E-state index contributed by atoms with van der Waals surface area (Å²) in [5, 5.41) is 2.93. The van der Waals surface area contributed by atoms with Crippen molar-refractivity contribution in [2.75, 3.05) is 0 Å². The lowest BCUT2D eigenvalue weighted by molar-refractivity contribution is 0.0938. The average Bonchev–Trinajstić information content (AvgIpc) is 2.90. The minimum Gasteiger partial charge on any atom is -0.348 e. The van der Waals surface area contributed by atoms with Gasteiger partial charge in [0, 0.05) is 29.0 Å². The van der Waals surface area contributed by atoms with Crippen molar-refractivity contribution in [2.24, 2.45) is 5.92 Å². The molecule has 1 aliphatic rings. The molecular weight excluding hydrogens is 300 g/mol. The molecule has 2 rings (SSSR count). The number of carbonyl (C=O) groups excluding carboxylic acids is 1. The number of nitrogens with zero attached hydrogens (tertiary/aromatic N) is 1.